The van der Waals surface area contributed by atoms with E-state index in [4.69, 9.17) is 4.74 Å². The molecule has 1 heterocycles. The zero-order chi connectivity index (χ0) is 27.7. The molecule has 0 fully saturated rings. The molecule has 40 heavy (non-hydrogen) atoms. The monoisotopic (exact) mass is 547 g/mol. The number of ether oxygens (including phenoxy) is 1. The molecule has 0 spiro atoms. The quantitative estimate of drug-likeness (QED) is 0.125. The SMILES string of the molecule is Cc1ccc(-c2nnc(SCC(=O)N/N=C\c3ccc(OCc4ccccc4)cc3)n2-c2ccc(C)cc2)cc1. The molecule has 0 bridgehead atoms. The van der Waals surface area contributed by atoms with Crippen LogP contribution >= 0.6 is 11.8 Å². The average Bonchev–Trinajstić information content (AvgIpc) is 3.41. The van der Waals surface area contributed by atoms with E-state index >= 15 is 0 Å². The lowest BCUT2D eigenvalue weighted by Gasteiger charge is -2.11. The largest absolute Gasteiger partial charge is 0.489 e. The van der Waals surface area contributed by atoms with Crippen LogP contribution in [0.3, 0.4) is 0 Å². The van der Waals surface area contributed by atoms with E-state index in [9.17, 15) is 4.79 Å². The predicted molar refractivity (Wildman–Crippen MR) is 160 cm³/mol. The summed E-state index contributed by atoms with van der Waals surface area (Å²) < 4.78 is 7.80. The van der Waals surface area contributed by atoms with Crippen molar-refractivity contribution in [2.45, 2.75) is 25.6 Å². The summed E-state index contributed by atoms with van der Waals surface area (Å²) in [7, 11) is 0. The lowest BCUT2D eigenvalue weighted by Crippen LogP contribution is -2.20. The number of nitrogens with one attached hydrogen (secondary N) is 1. The van der Waals surface area contributed by atoms with E-state index < -0.39 is 0 Å². The van der Waals surface area contributed by atoms with Gasteiger partial charge in [-0.15, -0.1) is 10.2 Å². The number of carbonyl (C=O) groups excluding carboxylic acids is 1. The number of aromatic nitrogens is 3. The number of benzene rings is 4. The van der Waals surface area contributed by atoms with Gasteiger partial charge in [-0.2, -0.15) is 5.10 Å². The first-order chi connectivity index (χ1) is 19.5. The highest BCUT2D eigenvalue weighted by Crippen LogP contribution is 2.28. The molecule has 7 nitrogen and oxygen atoms in total. The smallest absolute Gasteiger partial charge is 0.250 e. The van der Waals surface area contributed by atoms with Gasteiger partial charge in [0.2, 0.25) is 0 Å². The molecule has 8 heteroatoms. The molecule has 0 aliphatic carbocycles. The molecule has 0 aliphatic rings. The van der Waals surface area contributed by atoms with Crippen molar-refractivity contribution in [1.29, 1.82) is 0 Å². The van der Waals surface area contributed by atoms with Crippen molar-refractivity contribution in [2.75, 3.05) is 5.75 Å². The van der Waals surface area contributed by atoms with Crippen molar-refractivity contribution in [1.82, 2.24) is 20.2 Å². The summed E-state index contributed by atoms with van der Waals surface area (Å²) in [5.41, 5.74) is 8.77. The number of hydrogen-bond donors (Lipinski definition) is 1. The van der Waals surface area contributed by atoms with Crippen LogP contribution in [-0.4, -0.2) is 32.6 Å². The Morgan fingerprint density at radius 1 is 0.875 bits per heavy atom. The lowest BCUT2D eigenvalue weighted by atomic mass is 10.1. The Morgan fingerprint density at radius 2 is 1.55 bits per heavy atom. The van der Waals surface area contributed by atoms with Crippen LogP contribution < -0.4 is 10.2 Å². The van der Waals surface area contributed by atoms with Gasteiger partial charge in [-0.1, -0.05) is 89.6 Å². The first-order valence-corrected chi connectivity index (χ1v) is 13.8. The van der Waals surface area contributed by atoms with Gasteiger partial charge in [-0.25, -0.2) is 5.43 Å². The minimum absolute atomic E-state index is 0.140. The summed E-state index contributed by atoms with van der Waals surface area (Å²) in [5, 5.41) is 13.6. The Kier molecular flexibility index (Phi) is 8.68. The van der Waals surface area contributed by atoms with Crippen LogP contribution in [0, 0.1) is 13.8 Å². The highest BCUT2D eigenvalue weighted by molar-refractivity contribution is 7.99. The minimum Gasteiger partial charge on any atom is -0.489 e. The number of thioether (sulfide) groups is 1. The maximum absolute atomic E-state index is 12.6. The molecule has 4 aromatic carbocycles. The molecule has 5 rings (SSSR count). The zero-order valence-electron chi connectivity index (χ0n) is 22.3. The van der Waals surface area contributed by atoms with E-state index in [1.165, 1.54) is 17.3 Å². The van der Waals surface area contributed by atoms with Gasteiger partial charge in [-0.3, -0.25) is 9.36 Å². The first-order valence-electron chi connectivity index (χ1n) is 12.9. The number of hydrogen-bond acceptors (Lipinski definition) is 6. The summed E-state index contributed by atoms with van der Waals surface area (Å²) in [4.78, 5) is 12.6. The third-order valence-electron chi connectivity index (χ3n) is 6.10. The normalized spacial score (nSPS) is 11.1. The molecular weight excluding hydrogens is 518 g/mol. The van der Waals surface area contributed by atoms with Gasteiger partial charge in [0.15, 0.2) is 11.0 Å². The van der Waals surface area contributed by atoms with Gasteiger partial charge in [0.25, 0.3) is 5.91 Å². The van der Waals surface area contributed by atoms with Crippen molar-refractivity contribution in [3.8, 4) is 22.8 Å². The number of carbonyl (C=O) groups is 1. The predicted octanol–water partition coefficient (Wildman–Crippen LogP) is 6.37. The molecule has 0 radical (unpaired) electrons. The van der Waals surface area contributed by atoms with Crippen molar-refractivity contribution >= 4 is 23.9 Å². The van der Waals surface area contributed by atoms with Crippen molar-refractivity contribution in [2.24, 2.45) is 5.10 Å². The molecule has 0 unspecified atom stereocenters. The van der Waals surface area contributed by atoms with Gasteiger partial charge in [0.05, 0.1) is 12.0 Å². The Hall–Kier alpha value is -4.69. The second-order valence-electron chi connectivity index (χ2n) is 9.27. The molecular formula is C32H29N5O2S. The first kappa shape index (κ1) is 26.9. The molecule has 5 aromatic rings. The van der Waals surface area contributed by atoms with E-state index in [1.54, 1.807) is 6.21 Å². The zero-order valence-corrected chi connectivity index (χ0v) is 23.1. The summed E-state index contributed by atoms with van der Waals surface area (Å²) in [6.07, 6.45) is 1.61. The summed E-state index contributed by atoms with van der Waals surface area (Å²) in [5.74, 6) is 1.39. The van der Waals surface area contributed by atoms with E-state index in [2.05, 4.69) is 20.7 Å². The number of aryl methyl sites for hydroxylation is 2. The fourth-order valence-electron chi connectivity index (χ4n) is 3.91. The molecule has 1 N–H and O–H groups in total. The average molecular weight is 548 g/mol. The molecule has 0 saturated heterocycles. The highest BCUT2D eigenvalue weighted by atomic mass is 32.2. The van der Waals surface area contributed by atoms with Gasteiger partial charge in [0, 0.05) is 11.3 Å². The van der Waals surface area contributed by atoms with E-state index in [0.717, 1.165) is 39.5 Å². The number of amides is 1. The van der Waals surface area contributed by atoms with Crippen molar-refractivity contribution in [3.63, 3.8) is 0 Å². The second-order valence-corrected chi connectivity index (χ2v) is 10.2. The van der Waals surface area contributed by atoms with E-state index in [0.29, 0.717) is 11.8 Å². The molecule has 1 amide bonds. The Balaban J connectivity index is 1.19. The fraction of sp³-hybridized carbons (Fsp3) is 0.125. The van der Waals surface area contributed by atoms with Gasteiger partial charge in [0.1, 0.15) is 12.4 Å². The van der Waals surface area contributed by atoms with E-state index in [1.807, 2.05) is 122 Å². The summed E-state index contributed by atoms with van der Waals surface area (Å²) in [6.45, 7) is 4.60. The van der Waals surface area contributed by atoms with Crippen LogP contribution in [0.1, 0.15) is 22.3 Å². The maximum atomic E-state index is 12.6. The van der Waals surface area contributed by atoms with Crippen LogP contribution in [0.25, 0.3) is 17.1 Å². The second kappa shape index (κ2) is 12.9. The molecule has 1 aromatic heterocycles. The van der Waals surface area contributed by atoms with Gasteiger partial charge >= 0.3 is 0 Å². The molecule has 200 valence electrons. The van der Waals surface area contributed by atoms with Crippen molar-refractivity contribution in [3.05, 3.63) is 125 Å². The lowest BCUT2D eigenvalue weighted by molar-refractivity contribution is -0.118. The molecule has 0 aliphatic heterocycles. The van der Waals surface area contributed by atoms with Crippen LogP contribution in [0.5, 0.6) is 5.75 Å². The highest BCUT2D eigenvalue weighted by Gasteiger charge is 2.17. The third-order valence-corrected chi connectivity index (χ3v) is 7.03. The molecule has 0 atom stereocenters. The Labute approximate surface area is 237 Å². The van der Waals surface area contributed by atoms with Crippen molar-refractivity contribution < 1.29 is 9.53 Å². The Bertz CT molecular complexity index is 1580. The van der Waals surface area contributed by atoms with Crippen LogP contribution in [0.2, 0.25) is 0 Å². The third kappa shape index (κ3) is 7.03. The van der Waals surface area contributed by atoms with Gasteiger partial charge < -0.3 is 4.74 Å². The van der Waals surface area contributed by atoms with Crippen LogP contribution in [0.4, 0.5) is 0 Å². The summed E-state index contributed by atoms with van der Waals surface area (Å²) >= 11 is 1.31. The van der Waals surface area contributed by atoms with Crippen LogP contribution in [-0.2, 0) is 11.4 Å². The Morgan fingerprint density at radius 3 is 2.25 bits per heavy atom. The molecule has 0 saturated carbocycles. The van der Waals surface area contributed by atoms with Crippen LogP contribution in [0.15, 0.2) is 113 Å². The summed E-state index contributed by atoms with van der Waals surface area (Å²) in [6, 6.07) is 33.9. The maximum Gasteiger partial charge on any atom is 0.250 e. The number of rotatable bonds is 10. The minimum atomic E-state index is -0.237. The number of nitrogens with zero attached hydrogens (tertiary/aromatic N) is 4. The van der Waals surface area contributed by atoms with E-state index in [-0.39, 0.29) is 11.7 Å². The fourth-order valence-corrected chi connectivity index (χ4v) is 4.66. The van der Waals surface area contributed by atoms with Gasteiger partial charge in [-0.05, 0) is 61.4 Å². The topological polar surface area (TPSA) is 81.4 Å². The standard InChI is InChI=1S/C32H29N5O2S/c1-23-8-14-27(15-9-23)31-35-36-32(37(31)28-16-10-24(2)11-17-28)40-22-30(38)34-33-20-25-12-18-29(19-13-25)39-21-26-6-4-3-5-7-26/h3-20H,21-22H2,1-2H3,(H,34,38)/b33-20-. The number of hydrazone groups is 1.